The predicted octanol–water partition coefficient (Wildman–Crippen LogP) is 4.71. The molecule has 0 radical (unpaired) electrons. The number of furan rings is 1. The highest BCUT2D eigenvalue weighted by atomic mass is 79.9. The van der Waals surface area contributed by atoms with Gasteiger partial charge in [-0.2, -0.15) is 0 Å². The van der Waals surface area contributed by atoms with Crippen molar-refractivity contribution in [1.29, 1.82) is 0 Å². The van der Waals surface area contributed by atoms with Crippen LogP contribution in [0, 0.1) is 13.8 Å². The van der Waals surface area contributed by atoms with Crippen molar-refractivity contribution in [3.05, 3.63) is 76.2 Å². The average molecular weight is 449 g/mol. The fourth-order valence-electron chi connectivity index (χ4n) is 2.48. The molecule has 0 bridgehead atoms. The molecule has 6 nitrogen and oxygen atoms in total. The second-order valence-corrected chi connectivity index (χ2v) is 8.50. The Hall–Kier alpha value is -2.58. The monoisotopic (exact) mass is 448 g/mol. The second-order valence-electron chi connectivity index (χ2n) is 5.96. The van der Waals surface area contributed by atoms with Crippen molar-refractivity contribution in [3.8, 4) is 0 Å². The maximum absolute atomic E-state index is 12.7. The quantitative estimate of drug-likeness (QED) is 0.591. The summed E-state index contributed by atoms with van der Waals surface area (Å²) >= 11 is 3.34. The standard InChI is InChI=1S/C19H17BrN2O4S/c1-12-6-7-17(20)18(10-12)22-27(24,25)15-5-3-4-14(11-15)21-19(23)16-8-9-26-13(16)2/h3-11,22H,1-2H3,(H,21,23). The van der Waals surface area contributed by atoms with E-state index in [9.17, 15) is 13.2 Å². The van der Waals surface area contributed by atoms with Gasteiger partial charge in [0.25, 0.3) is 15.9 Å². The molecule has 0 saturated heterocycles. The van der Waals surface area contributed by atoms with Crippen LogP contribution < -0.4 is 10.0 Å². The number of hydrogen-bond acceptors (Lipinski definition) is 4. The third-order valence-corrected chi connectivity index (χ3v) is 5.93. The molecule has 8 heteroatoms. The van der Waals surface area contributed by atoms with Crippen molar-refractivity contribution in [3.63, 3.8) is 0 Å². The molecule has 0 aliphatic heterocycles. The lowest BCUT2D eigenvalue weighted by Gasteiger charge is -2.12. The van der Waals surface area contributed by atoms with E-state index in [-0.39, 0.29) is 10.8 Å². The molecule has 2 aromatic carbocycles. The van der Waals surface area contributed by atoms with Gasteiger partial charge in [0.2, 0.25) is 0 Å². The van der Waals surface area contributed by atoms with Crippen LogP contribution in [0.5, 0.6) is 0 Å². The van der Waals surface area contributed by atoms with Gasteiger partial charge in [-0.1, -0.05) is 12.1 Å². The lowest BCUT2D eigenvalue weighted by atomic mass is 10.2. The Kier molecular flexibility index (Phi) is 5.38. The van der Waals surface area contributed by atoms with Gasteiger partial charge in [-0.3, -0.25) is 9.52 Å². The topological polar surface area (TPSA) is 88.4 Å². The van der Waals surface area contributed by atoms with Gasteiger partial charge < -0.3 is 9.73 Å². The summed E-state index contributed by atoms with van der Waals surface area (Å²) in [5.41, 5.74) is 2.13. The van der Waals surface area contributed by atoms with E-state index in [4.69, 9.17) is 4.42 Å². The Morgan fingerprint density at radius 2 is 1.85 bits per heavy atom. The minimum Gasteiger partial charge on any atom is -0.469 e. The fourth-order valence-corrected chi connectivity index (χ4v) is 4.07. The number of nitrogens with one attached hydrogen (secondary N) is 2. The lowest BCUT2D eigenvalue weighted by molar-refractivity contribution is 0.102. The van der Waals surface area contributed by atoms with E-state index in [1.165, 1.54) is 18.4 Å². The number of carbonyl (C=O) groups excluding carboxylic acids is 1. The highest BCUT2D eigenvalue weighted by Crippen LogP contribution is 2.27. The summed E-state index contributed by atoms with van der Waals surface area (Å²) < 4.78 is 33.8. The average Bonchev–Trinajstić information content (AvgIpc) is 3.04. The van der Waals surface area contributed by atoms with E-state index in [0.29, 0.717) is 27.2 Å². The zero-order chi connectivity index (χ0) is 19.6. The number of sulfonamides is 1. The molecule has 0 saturated carbocycles. The van der Waals surface area contributed by atoms with Gasteiger partial charge >= 0.3 is 0 Å². The maximum Gasteiger partial charge on any atom is 0.262 e. The summed E-state index contributed by atoms with van der Waals surface area (Å²) in [6, 6.07) is 13.0. The molecule has 3 rings (SSSR count). The summed E-state index contributed by atoms with van der Waals surface area (Å²) in [5.74, 6) is 0.118. The molecule has 1 amide bonds. The SMILES string of the molecule is Cc1ccc(Br)c(NS(=O)(=O)c2cccc(NC(=O)c3ccoc3C)c2)c1. The molecule has 0 atom stereocenters. The van der Waals surface area contributed by atoms with Crippen LogP contribution in [-0.4, -0.2) is 14.3 Å². The van der Waals surface area contributed by atoms with E-state index >= 15 is 0 Å². The first kappa shape index (κ1) is 19.2. The van der Waals surface area contributed by atoms with Gasteiger partial charge in [0.1, 0.15) is 5.76 Å². The van der Waals surface area contributed by atoms with Gasteiger partial charge in [0, 0.05) is 10.2 Å². The maximum atomic E-state index is 12.7. The van der Waals surface area contributed by atoms with E-state index in [1.807, 2.05) is 13.0 Å². The Labute approximate surface area is 165 Å². The van der Waals surface area contributed by atoms with Crippen molar-refractivity contribution >= 4 is 43.2 Å². The van der Waals surface area contributed by atoms with Crippen molar-refractivity contribution < 1.29 is 17.6 Å². The number of carbonyl (C=O) groups is 1. The van der Waals surface area contributed by atoms with Crippen LogP contribution >= 0.6 is 15.9 Å². The van der Waals surface area contributed by atoms with Gasteiger partial charge in [-0.25, -0.2) is 8.42 Å². The Bertz CT molecular complexity index is 1110. The first-order valence-electron chi connectivity index (χ1n) is 8.01. The largest absolute Gasteiger partial charge is 0.469 e. The molecule has 0 aliphatic rings. The fraction of sp³-hybridized carbons (Fsp3) is 0.105. The molecule has 3 aromatic rings. The van der Waals surface area contributed by atoms with Crippen molar-refractivity contribution in [1.82, 2.24) is 0 Å². The molecule has 1 heterocycles. The molecule has 27 heavy (non-hydrogen) atoms. The van der Waals surface area contributed by atoms with Crippen molar-refractivity contribution in [2.24, 2.45) is 0 Å². The smallest absolute Gasteiger partial charge is 0.262 e. The molecule has 140 valence electrons. The minimum absolute atomic E-state index is 0.0395. The third-order valence-electron chi connectivity index (χ3n) is 3.87. The minimum atomic E-state index is -3.82. The van der Waals surface area contributed by atoms with E-state index in [0.717, 1.165) is 5.56 Å². The number of anilines is 2. The summed E-state index contributed by atoms with van der Waals surface area (Å²) in [5, 5.41) is 2.68. The van der Waals surface area contributed by atoms with E-state index < -0.39 is 10.0 Å². The summed E-state index contributed by atoms with van der Waals surface area (Å²) in [4.78, 5) is 12.3. The van der Waals surface area contributed by atoms with Crippen LogP contribution in [-0.2, 0) is 10.0 Å². The summed E-state index contributed by atoms with van der Waals surface area (Å²) in [6.45, 7) is 3.55. The zero-order valence-corrected chi connectivity index (χ0v) is 17.0. The van der Waals surface area contributed by atoms with Crippen LogP contribution in [0.4, 0.5) is 11.4 Å². The molecular formula is C19H17BrN2O4S. The Morgan fingerprint density at radius 3 is 2.56 bits per heavy atom. The number of halogens is 1. The van der Waals surface area contributed by atoms with Crippen LogP contribution in [0.25, 0.3) is 0 Å². The second kappa shape index (κ2) is 7.58. The number of benzene rings is 2. The van der Waals surface area contributed by atoms with Crippen LogP contribution in [0.3, 0.4) is 0 Å². The zero-order valence-electron chi connectivity index (χ0n) is 14.6. The van der Waals surface area contributed by atoms with Crippen molar-refractivity contribution in [2.45, 2.75) is 18.7 Å². The van der Waals surface area contributed by atoms with Gasteiger partial charge in [0.05, 0.1) is 22.4 Å². The van der Waals surface area contributed by atoms with Crippen LogP contribution in [0.2, 0.25) is 0 Å². The molecule has 2 N–H and O–H groups in total. The lowest BCUT2D eigenvalue weighted by Crippen LogP contribution is -2.15. The Morgan fingerprint density at radius 1 is 1.07 bits per heavy atom. The molecule has 0 unspecified atom stereocenters. The van der Waals surface area contributed by atoms with Gasteiger partial charge in [-0.15, -0.1) is 0 Å². The summed E-state index contributed by atoms with van der Waals surface area (Å²) in [6.07, 6.45) is 1.43. The Balaban J connectivity index is 1.85. The van der Waals surface area contributed by atoms with Gasteiger partial charge in [0.15, 0.2) is 0 Å². The van der Waals surface area contributed by atoms with Crippen LogP contribution in [0.15, 0.2) is 68.6 Å². The van der Waals surface area contributed by atoms with Gasteiger partial charge in [-0.05, 0) is 71.7 Å². The number of aryl methyl sites for hydroxylation is 2. The first-order valence-corrected chi connectivity index (χ1v) is 10.3. The molecule has 0 aliphatic carbocycles. The first-order chi connectivity index (χ1) is 12.8. The van der Waals surface area contributed by atoms with E-state index in [2.05, 4.69) is 26.0 Å². The molecular weight excluding hydrogens is 432 g/mol. The predicted molar refractivity (Wildman–Crippen MR) is 108 cm³/mol. The third kappa shape index (κ3) is 4.40. The van der Waals surface area contributed by atoms with Crippen molar-refractivity contribution in [2.75, 3.05) is 10.0 Å². The molecule has 1 aromatic heterocycles. The number of hydrogen-bond donors (Lipinski definition) is 2. The highest BCUT2D eigenvalue weighted by molar-refractivity contribution is 9.10. The number of amides is 1. The molecule has 0 fully saturated rings. The highest BCUT2D eigenvalue weighted by Gasteiger charge is 2.18. The number of rotatable bonds is 5. The van der Waals surface area contributed by atoms with E-state index in [1.54, 1.807) is 37.3 Å². The molecule has 0 spiro atoms. The summed E-state index contributed by atoms with van der Waals surface area (Å²) in [7, 11) is -3.82. The normalized spacial score (nSPS) is 11.2. The van der Waals surface area contributed by atoms with Crippen LogP contribution in [0.1, 0.15) is 21.7 Å².